The van der Waals surface area contributed by atoms with Crippen LogP contribution in [0.3, 0.4) is 0 Å². The fourth-order valence-electron chi connectivity index (χ4n) is 2.83. The van der Waals surface area contributed by atoms with Gasteiger partial charge in [-0.1, -0.05) is 60.7 Å². The van der Waals surface area contributed by atoms with Crippen LogP contribution in [0.5, 0.6) is 0 Å². The summed E-state index contributed by atoms with van der Waals surface area (Å²) in [6, 6.07) is 20.0. The van der Waals surface area contributed by atoms with E-state index in [4.69, 9.17) is 16.7 Å². The predicted molar refractivity (Wildman–Crippen MR) is 92.4 cm³/mol. The van der Waals surface area contributed by atoms with Crippen LogP contribution in [0.15, 0.2) is 60.7 Å². The van der Waals surface area contributed by atoms with E-state index in [1.165, 1.54) is 0 Å². The lowest BCUT2D eigenvalue weighted by Crippen LogP contribution is -1.99. The molecular weight excluding hydrogens is 320 g/mol. The molecule has 0 fully saturated rings. The number of nitrogens with zero attached hydrogens (tertiary/aromatic N) is 4. The van der Waals surface area contributed by atoms with E-state index in [1.54, 1.807) is 0 Å². The van der Waals surface area contributed by atoms with Crippen molar-refractivity contribution in [2.75, 3.05) is 0 Å². The first-order valence-corrected chi connectivity index (χ1v) is 8.25. The normalized spacial score (nSPS) is 11.1. The Balaban J connectivity index is 2.04. The summed E-state index contributed by atoms with van der Waals surface area (Å²) < 4.78 is 1.86. The highest BCUT2D eigenvalue weighted by Gasteiger charge is 2.24. The molecule has 4 rings (SSSR count). The fraction of sp³-hybridized carbons (Fsp3) is 0.105. The Morgan fingerprint density at radius 2 is 1.42 bits per heavy atom. The zero-order chi connectivity index (χ0) is 16.5. The van der Waals surface area contributed by atoms with E-state index in [-0.39, 0.29) is 0 Å². The number of hydrogen-bond acceptors (Lipinski definition) is 3. The average Bonchev–Trinajstić information content (AvgIpc) is 3.03. The van der Waals surface area contributed by atoms with Crippen LogP contribution < -0.4 is 0 Å². The van der Waals surface area contributed by atoms with Gasteiger partial charge in [0.25, 0.3) is 5.02 Å². The lowest BCUT2D eigenvalue weighted by Gasteiger charge is -2.01. The summed E-state index contributed by atoms with van der Waals surface area (Å²) in [4.78, 5) is 0. The molecule has 0 spiro atoms. The quantitative estimate of drug-likeness (QED) is 0.570. The second kappa shape index (κ2) is 6.06. The van der Waals surface area contributed by atoms with E-state index >= 15 is 0 Å². The van der Waals surface area contributed by atoms with E-state index in [9.17, 15) is 0 Å². The molecule has 0 unspecified atom stereocenters. The van der Waals surface area contributed by atoms with Crippen molar-refractivity contribution < 1.29 is 11.6 Å². The lowest BCUT2D eigenvalue weighted by atomic mass is 10.1. The van der Waals surface area contributed by atoms with Crippen LogP contribution in [0, 0.1) is 11.6 Å². The Hall–Kier alpha value is -2.72. The maximum absolute atomic E-state index is 5.77. The molecule has 0 aliphatic rings. The molecule has 0 saturated carbocycles. The number of benzene rings is 2. The topological polar surface area (TPSA) is 43.6 Å². The van der Waals surface area contributed by atoms with E-state index in [0.29, 0.717) is 5.02 Å². The second-order valence-electron chi connectivity index (χ2n) is 5.47. The smallest absolute Gasteiger partial charge is 0.245 e. The predicted octanol–water partition coefficient (Wildman–Crippen LogP) is 3.88. The number of hydrogen-bond donors (Lipinski definition) is 0. The Kier molecular flexibility index (Phi) is 3.75. The molecule has 0 N–H and O–H groups in total. The summed E-state index contributed by atoms with van der Waals surface area (Å²) in [6.45, 7) is 2.76. The summed E-state index contributed by atoms with van der Waals surface area (Å²) in [6.07, 6.45) is 0. The Bertz CT molecular complexity index is 994. The van der Waals surface area contributed by atoms with E-state index in [0.717, 1.165) is 40.1 Å². The first-order valence-electron chi connectivity index (χ1n) is 7.84. The third-order valence-electron chi connectivity index (χ3n) is 4.01. The van der Waals surface area contributed by atoms with Crippen LogP contribution in [0.25, 0.3) is 33.5 Å². The minimum atomic E-state index is 0.699. The summed E-state index contributed by atoms with van der Waals surface area (Å²) >= 11 is 5.77. The van der Waals surface area contributed by atoms with Crippen LogP contribution in [0.4, 0.5) is 0 Å². The van der Waals surface area contributed by atoms with Crippen molar-refractivity contribution in [2.24, 2.45) is 0 Å². The van der Waals surface area contributed by atoms with Crippen molar-refractivity contribution in [3.05, 3.63) is 65.7 Å². The summed E-state index contributed by atoms with van der Waals surface area (Å²) in [7, 11) is 0. The van der Waals surface area contributed by atoms with Crippen molar-refractivity contribution in [3.8, 4) is 22.5 Å². The number of aromatic nitrogens is 4. The van der Waals surface area contributed by atoms with Gasteiger partial charge < -0.3 is 0 Å². The Morgan fingerprint density at radius 3 is 2.00 bits per heavy atom. The molecule has 2 heterocycles. The van der Waals surface area contributed by atoms with Gasteiger partial charge in [0.15, 0.2) is 22.9 Å². The molecule has 2 aromatic heterocycles. The molecule has 0 aliphatic carbocycles. The summed E-state index contributed by atoms with van der Waals surface area (Å²) in [5, 5.41) is 15.1. The molecule has 0 saturated heterocycles. The maximum atomic E-state index is 5.77. The van der Waals surface area contributed by atoms with Gasteiger partial charge in [-0.05, 0) is 6.92 Å². The van der Waals surface area contributed by atoms with Crippen molar-refractivity contribution in [2.45, 2.75) is 13.5 Å². The molecule has 0 atom stereocenters. The summed E-state index contributed by atoms with van der Waals surface area (Å²) in [5.74, 6) is 0. The minimum absolute atomic E-state index is 0.699. The molecule has 118 valence electrons. The lowest BCUT2D eigenvalue weighted by molar-refractivity contribution is -0.285. The van der Waals surface area contributed by atoms with E-state index < -0.39 is 0 Å². The van der Waals surface area contributed by atoms with Crippen LogP contribution in [-0.2, 0) is 6.54 Å². The van der Waals surface area contributed by atoms with Crippen molar-refractivity contribution >= 4 is 11.0 Å². The van der Waals surface area contributed by atoms with Crippen LogP contribution in [0.2, 0.25) is 5.02 Å². The van der Waals surface area contributed by atoms with Gasteiger partial charge in [-0.15, -0.1) is 10.2 Å². The van der Waals surface area contributed by atoms with Crippen molar-refractivity contribution in [1.29, 1.82) is 0 Å². The number of halogens is 1. The molecule has 4 nitrogen and oxygen atoms in total. The number of aryl methyl sites for hydroxylation is 1. The molecule has 2 aromatic carbocycles. The van der Waals surface area contributed by atoms with Crippen molar-refractivity contribution in [1.82, 2.24) is 20.0 Å². The van der Waals surface area contributed by atoms with Crippen LogP contribution in [-0.4, -0.2) is 20.0 Å². The minimum Gasteiger partial charge on any atom is -0.245 e. The van der Waals surface area contributed by atoms with Gasteiger partial charge in [-0.3, -0.25) is 0 Å². The first-order chi connectivity index (χ1) is 11.8. The highest BCUT2D eigenvalue weighted by Crippen LogP contribution is 2.34. The van der Waals surface area contributed by atoms with Crippen LogP contribution in [0.1, 0.15) is 6.92 Å². The third kappa shape index (κ3) is 2.36. The zero-order valence-electron chi connectivity index (χ0n) is 13.2. The average molecular weight is 336 g/mol. The van der Waals surface area contributed by atoms with Crippen molar-refractivity contribution in [3.63, 3.8) is 0 Å². The first kappa shape index (κ1) is 14.8. The number of rotatable bonds is 3. The molecule has 24 heavy (non-hydrogen) atoms. The van der Waals surface area contributed by atoms with Gasteiger partial charge in [-0.25, -0.2) is 4.68 Å². The van der Waals surface area contributed by atoms with Gasteiger partial charge in [0.05, 0.1) is 0 Å². The van der Waals surface area contributed by atoms with E-state index in [1.807, 2.05) is 72.3 Å². The molecule has 0 amide bonds. The van der Waals surface area contributed by atoms with Gasteiger partial charge in [0.1, 0.15) is 11.1 Å². The molecule has 0 aliphatic heterocycles. The number of fused-ring (bicyclic) bond motifs is 1. The highest BCUT2D eigenvalue weighted by molar-refractivity contribution is 5.95. The standard InChI is InChI=1S/C19H16ClN4/c1-2-24-19-15(17(23-24)13-9-5-3-6-10-13)16(20)18(21-22-19)14-11-7-4-8-12-14/h3-12,20H,2H2,1H3/q+1. The summed E-state index contributed by atoms with van der Waals surface area (Å²) in [5.41, 5.74) is 4.34. The Labute approximate surface area is 144 Å². The molecule has 5 heteroatoms. The van der Waals surface area contributed by atoms with Gasteiger partial charge in [-0.2, -0.15) is 5.10 Å². The molecular formula is C19H16ClN4+. The van der Waals surface area contributed by atoms with E-state index in [2.05, 4.69) is 10.2 Å². The zero-order valence-corrected chi connectivity index (χ0v) is 14.0. The fourth-order valence-corrected chi connectivity index (χ4v) is 3.17. The molecule has 0 radical (unpaired) electrons. The largest absolute Gasteiger partial charge is 0.266 e. The molecule has 0 bridgehead atoms. The van der Waals surface area contributed by atoms with Gasteiger partial charge in [0.2, 0.25) is 0 Å². The SMILES string of the molecule is CCn1nc(-c2ccccc2)c2c([ClH+])c(-c3ccccc3)nnc21. The highest BCUT2D eigenvalue weighted by atomic mass is 35.5. The maximum Gasteiger partial charge on any atom is 0.266 e. The molecule has 4 aromatic rings. The third-order valence-corrected chi connectivity index (χ3v) is 4.40. The second-order valence-corrected chi connectivity index (χ2v) is 5.88. The monoisotopic (exact) mass is 335 g/mol. The van der Waals surface area contributed by atoms with Gasteiger partial charge in [0, 0.05) is 17.7 Å². The Morgan fingerprint density at radius 1 is 0.833 bits per heavy atom. The van der Waals surface area contributed by atoms with Gasteiger partial charge >= 0.3 is 0 Å². The van der Waals surface area contributed by atoms with Crippen LogP contribution >= 0.6 is 0 Å².